The van der Waals surface area contributed by atoms with Gasteiger partial charge in [0.15, 0.2) is 5.79 Å². The van der Waals surface area contributed by atoms with E-state index in [-0.39, 0.29) is 19.3 Å². The highest BCUT2D eigenvalue weighted by Gasteiger charge is 2.31. The maximum atomic E-state index is 8.93. The zero-order valence-corrected chi connectivity index (χ0v) is 17.7. The van der Waals surface area contributed by atoms with Gasteiger partial charge in [0.2, 0.25) is 0 Å². The van der Waals surface area contributed by atoms with Gasteiger partial charge in [-0.3, -0.25) is 0 Å². The summed E-state index contributed by atoms with van der Waals surface area (Å²) in [4.78, 5) is 10.7. The van der Waals surface area contributed by atoms with E-state index in [1.165, 1.54) is 0 Å². The van der Waals surface area contributed by atoms with Crippen molar-refractivity contribution in [2.45, 2.75) is 25.7 Å². The van der Waals surface area contributed by atoms with Crippen molar-refractivity contribution in [1.29, 1.82) is 0 Å². The first-order valence-electron chi connectivity index (χ1n) is 10.2. The van der Waals surface area contributed by atoms with Gasteiger partial charge in [-0.15, -0.1) is 0 Å². The lowest BCUT2D eigenvalue weighted by Crippen LogP contribution is -2.40. The van der Waals surface area contributed by atoms with Crippen molar-refractivity contribution in [3.63, 3.8) is 0 Å². The minimum Gasteiger partial charge on any atom is -0.491 e. The number of aliphatic hydroxyl groups excluding tert-OH is 1. The molecule has 3 aromatic carbocycles. The average molecular weight is 422 g/mol. The fraction of sp³-hybridized carbons (Fsp3) is 0.280. The molecule has 3 aromatic rings. The molecule has 0 amide bonds. The number of benzene rings is 3. The van der Waals surface area contributed by atoms with Gasteiger partial charge in [-0.05, 0) is 72.2 Å². The molecule has 1 fully saturated rings. The minimum atomic E-state index is -0.750. The first-order valence-corrected chi connectivity index (χ1v) is 10.2. The zero-order valence-electron chi connectivity index (χ0n) is 17.7. The molecular formula is C25H26O6. The Morgan fingerprint density at radius 1 is 1.00 bits per heavy atom. The van der Waals surface area contributed by atoms with Crippen LogP contribution >= 0.6 is 0 Å². The van der Waals surface area contributed by atoms with Crippen LogP contribution in [0.4, 0.5) is 0 Å². The van der Waals surface area contributed by atoms with Crippen molar-refractivity contribution in [3.05, 3.63) is 72.8 Å². The lowest BCUT2D eigenvalue weighted by molar-refractivity contribution is -0.467. The molecule has 1 saturated heterocycles. The first kappa shape index (κ1) is 21.3. The standard InChI is InChI=1S/C25H26O6/c1-17(24-16-28-25(2,3)31-30-24)18-4-8-21(9-5-18)29-23-11-7-19-6-10-22(27-13-12-26)14-20(19)15-23/h4-11,14-15,24,26H,1,12-13,16H2,2-3H3. The van der Waals surface area contributed by atoms with Crippen molar-refractivity contribution in [3.8, 4) is 17.2 Å². The van der Waals surface area contributed by atoms with Crippen LogP contribution < -0.4 is 9.47 Å². The lowest BCUT2D eigenvalue weighted by Gasteiger charge is -2.34. The van der Waals surface area contributed by atoms with Crippen molar-refractivity contribution in [1.82, 2.24) is 0 Å². The second-order valence-corrected chi connectivity index (χ2v) is 7.77. The molecule has 162 valence electrons. The van der Waals surface area contributed by atoms with Crippen LogP contribution in [0.5, 0.6) is 17.2 Å². The van der Waals surface area contributed by atoms with Crippen molar-refractivity contribution >= 4 is 16.3 Å². The van der Waals surface area contributed by atoms with Gasteiger partial charge < -0.3 is 19.3 Å². The Kier molecular flexibility index (Phi) is 6.25. The van der Waals surface area contributed by atoms with Crippen LogP contribution in [0.2, 0.25) is 0 Å². The number of fused-ring (bicyclic) bond motifs is 1. The van der Waals surface area contributed by atoms with E-state index in [9.17, 15) is 0 Å². The molecule has 1 N–H and O–H groups in total. The summed E-state index contributed by atoms with van der Waals surface area (Å²) in [6, 6.07) is 19.3. The predicted octanol–water partition coefficient (Wildman–Crippen LogP) is 5.10. The van der Waals surface area contributed by atoms with Crippen LogP contribution in [0.1, 0.15) is 19.4 Å². The van der Waals surface area contributed by atoms with Crippen LogP contribution in [0.3, 0.4) is 0 Å². The summed E-state index contributed by atoms with van der Waals surface area (Å²) in [7, 11) is 0. The molecule has 31 heavy (non-hydrogen) atoms. The van der Waals surface area contributed by atoms with E-state index in [1.807, 2.05) is 60.7 Å². The Balaban J connectivity index is 1.43. The number of ether oxygens (including phenoxy) is 3. The Morgan fingerprint density at radius 3 is 2.35 bits per heavy atom. The number of hydrogen-bond acceptors (Lipinski definition) is 6. The smallest absolute Gasteiger partial charge is 0.196 e. The highest BCUT2D eigenvalue weighted by molar-refractivity contribution is 5.85. The molecule has 0 radical (unpaired) electrons. The average Bonchev–Trinajstić information content (AvgIpc) is 2.77. The summed E-state index contributed by atoms with van der Waals surface area (Å²) < 4.78 is 17.1. The van der Waals surface area contributed by atoms with Gasteiger partial charge in [0.1, 0.15) is 30.0 Å². The van der Waals surface area contributed by atoms with E-state index in [2.05, 4.69) is 6.58 Å². The maximum Gasteiger partial charge on any atom is 0.196 e. The lowest BCUT2D eigenvalue weighted by atomic mass is 10.0. The summed E-state index contributed by atoms with van der Waals surface area (Å²) in [5, 5.41) is 11.0. The molecule has 1 unspecified atom stereocenters. The van der Waals surface area contributed by atoms with Gasteiger partial charge in [-0.25, -0.2) is 9.78 Å². The molecule has 1 aliphatic rings. The SMILES string of the molecule is C=C(c1ccc(Oc2ccc3ccc(OCCO)cc3c2)cc1)C1COC(C)(C)OO1. The van der Waals surface area contributed by atoms with E-state index in [0.717, 1.165) is 27.7 Å². The van der Waals surface area contributed by atoms with Gasteiger partial charge in [0.05, 0.1) is 13.2 Å². The number of hydrogen-bond donors (Lipinski definition) is 1. The van der Waals surface area contributed by atoms with E-state index in [1.54, 1.807) is 13.8 Å². The van der Waals surface area contributed by atoms with Gasteiger partial charge in [0.25, 0.3) is 0 Å². The quantitative estimate of drug-likeness (QED) is 0.535. The highest BCUT2D eigenvalue weighted by Crippen LogP contribution is 2.31. The fourth-order valence-corrected chi connectivity index (χ4v) is 3.24. The number of aliphatic hydroxyl groups is 1. The maximum absolute atomic E-state index is 8.93. The van der Waals surface area contributed by atoms with Crippen LogP contribution in [0, 0.1) is 0 Å². The Bertz CT molecular complexity index is 1050. The minimum absolute atomic E-state index is 0.0193. The molecule has 6 heteroatoms. The van der Waals surface area contributed by atoms with E-state index < -0.39 is 5.79 Å². The number of rotatable bonds is 7. The summed E-state index contributed by atoms with van der Waals surface area (Å²) in [6.07, 6.45) is -0.359. The molecule has 4 rings (SSSR count). The largest absolute Gasteiger partial charge is 0.491 e. The van der Waals surface area contributed by atoms with Crippen LogP contribution in [-0.2, 0) is 14.5 Å². The Labute approximate surface area is 181 Å². The van der Waals surface area contributed by atoms with E-state index in [0.29, 0.717) is 18.1 Å². The predicted molar refractivity (Wildman–Crippen MR) is 118 cm³/mol. The third-order valence-corrected chi connectivity index (χ3v) is 4.94. The molecule has 0 saturated carbocycles. The topological polar surface area (TPSA) is 66.4 Å². The first-order chi connectivity index (χ1) is 14.9. The van der Waals surface area contributed by atoms with Crippen molar-refractivity contribution < 1.29 is 29.1 Å². The van der Waals surface area contributed by atoms with Crippen LogP contribution in [0.15, 0.2) is 67.2 Å². The Morgan fingerprint density at radius 2 is 1.68 bits per heavy atom. The van der Waals surface area contributed by atoms with Crippen molar-refractivity contribution in [2.24, 2.45) is 0 Å². The second-order valence-electron chi connectivity index (χ2n) is 7.77. The Hall–Kier alpha value is -2.90. The molecule has 0 aromatic heterocycles. The third kappa shape index (κ3) is 5.24. The fourth-order valence-electron chi connectivity index (χ4n) is 3.24. The summed E-state index contributed by atoms with van der Waals surface area (Å²) in [5.41, 5.74) is 1.71. The zero-order chi connectivity index (χ0) is 21.8. The van der Waals surface area contributed by atoms with Gasteiger partial charge >= 0.3 is 0 Å². The van der Waals surface area contributed by atoms with E-state index >= 15 is 0 Å². The van der Waals surface area contributed by atoms with E-state index in [4.69, 9.17) is 29.1 Å². The van der Waals surface area contributed by atoms with Crippen LogP contribution in [-0.4, -0.2) is 36.8 Å². The molecule has 6 nitrogen and oxygen atoms in total. The second kappa shape index (κ2) is 9.08. The van der Waals surface area contributed by atoms with Crippen molar-refractivity contribution in [2.75, 3.05) is 19.8 Å². The molecule has 1 aliphatic heterocycles. The molecule has 0 aliphatic carbocycles. The normalized spacial score (nSPS) is 18.0. The van der Waals surface area contributed by atoms with Crippen LogP contribution in [0.25, 0.3) is 16.3 Å². The molecular weight excluding hydrogens is 396 g/mol. The molecule has 1 atom stereocenters. The molecule has 0 bridgehead atoms. The third-order valence-electron chi connectivity index (χ3n) is 4.94. The summed E-state index contributed by atoms with van der Waals surface area (Å²) >= 11 is 0. The summed E-state index contributed by atoms with van der Waals surface area (Å²) in [5.74, 6) is 1.39. The molecule has 1 heterocycles. The monoisotopic (exact) mass is 422 g/mol. The summed E-state index contributed by atoms with van der Waals surface area (Å²) in [6.45, 7) is 8.35. The van der Waals surface area contributed by atoms with Gasteiger partial charge in [-0.1, -0.05) is 30.8 Å². The molecule has 0 spiro atoms. The van der Waals surface area contributed by atoms with Gasteiger partial charge in [0, 0.05) is 0 Å². The highest BCUT2D eigenvalue weighted by atomic mass is 17.2. The van der Waals surface area contributed by atoms with Gasteiger partial charge in [-0.2, -0.15) is 0 Å².